The lowest BCUT2D eigenvalue weighted by molar-refractivity contribution is 0.0689. The average Bonchev–Trinajstić information content (AvgIpc) is 3.44. The van der Waals surface area contributed by atoms with Crippen LogP contribution in [0.3, 0.4) is 0 Å². The molecule has 3 aromatic heterocycles. The predicted molar refractivity (Wildman–Crippen MR) is 115 cm³/mol. The highest BCUT2D eigenvalue weighted by atomic mass is 79.9. The smallest absolute Gasteiger partial charge is 0.259 e. The molecule has 1 aliphatic heterocycles. The topological polar surface area (TPSA) is 79.7 Å². The van der Waals surface area contributed by atoms with Crippen LogP contribution in [0.15, 0.2) is 35.3 Å². The molecule has 0 unspecified atom stereocenters. The summed E-state index contributed by atoms with van der Waals surface area (Å²) in [4.78, 5) is 27.5. The van der Waals surface area contributed by atoms with Gasteiger partial charge in [0.25, 0.3) is 5.91 Å². The summed E-state index contributed by atoms with van der Waals surface area (Å²) in [6, 6.07) is 4.53. The fourth-order valence-corrected chi connectivity index (χ4v) is 5.67. The van der Waals surface area contributed by atoms with Crippen LogP contribution >= 0.6 is 27.3 Å². The van der Waals surface area contributed by atoms with Crippen molar-refractivity contribution in [2.75, 3.05) is 6.54 Å². The zero-order chi connectivity index (χ0) is 21.0. The molecular weight excluding hydrogens is 471 g/mol. The number of hydrogen-bond acceptors (Lipinski definition) is 5. The molecule has 0 saturated heterocycles. The minimum absolute atomic E-state index is 0.114. The van der Waals surface area contributed by atoms with Crippen molar-refractivity contribution in [3.05, 3.63) is 63.1 Å². The number of para-hydroxylation sites is 1. The van der Waals surface area contributed by atoms with Gasteiger partial charge < -0.3 is 9.88 Å². The minimum Gasteiger partial charge on any atom is -0.348 e. The third-order valence-corrected chi connectivity index (χ3v) is 7.12. The second-order valence-corrected chi connectivity index (χ2v) is 9.26. The lowest BCUT2D eigenvalue weighted by Gasteiger charge is -2.33. The van der Waals surface area contributed by atoms with Crippen LogP contribution in [0.1, 0.15) is 52.7 Å². The predicted octanol–water partition coefficient (Wildman–Crippen LogP) is 4.49. The summed E-state index contributed by atoms with van der Waals surface area (Å²) in [5.74, 6) is -0.529. The molecular formula is C20H18BrFN6OS. The van der Waals surface area contributed by atoms with E-state index in [0.717, 1.165) is 16.1 Å². The van der Waals surface area contributed by atoms with E-state index in [9.17, 15) is 9.18 Å². The van der Waals surface area contributed by atoms with Gasteiger partial charge >= 0.3 is 0 Å². The Hall–Kier alpha value is -2.59. The van der Waals surface area contributed by atoms with E-state index in [2.05, 4.69) is 36.0 Å². The van der Waals surface area contributed by atoms with Gasteiger partial charge in [0.15, 0.2) is 0 Å². The Labute approximate surface area is 184 Å². The maximum atomic E-state index is 14.3. The number of H-pyrrole nitrogens is 1. The van der Waals surface area contributed by atoms with E-state index in [0.29, 0.717) is 33.7 Å². The molecule has 4 heterocycles. The molecule has 1 amide bonds. The van der Waals surface area contributed by atoms with E-state index in [1.165, 1.54) is 17.4 Å². The Morgan fingerprint density at radius 2 is 2.23 bits per heavy atom. The van der Waals surface area contributed by atoms with Gasteiger partial charge in [0.05, 0.1) is 28.5 Å². The van der Waals surface area contributed by atoms with E-state index in [-0.39, 0.29) is 17.8 Å². The zero-order valence-corrected chi connectivity index (χ0v) is 18.7. The third kappa shape index (κ3) is 2.97. The molecule has 4 aromatic rings. The number of benzene rings is 1. The number of nitrogens with one attached hydrogen (secondary N) is 1. The SMILES string of the molecule is CC(C)n1ncc(C(=O)N2CCc3[nH]cnc3[C@H]2c2nc3c(F)cccc3s2)c1Br. The van der Waals surface area contributed by atoms with Crippen molar-refractivity contribution in [3.63, 3.8) is 0 Å². The number of thiazole rings is 1. The van der Waals surface area contributed by atoms with Gasteiger partial charge in [-0.05, 0) is 41.9 Å². The van der Waals surface area contributed by atoms with Gasteiger partial charge in [0.2, 0.25) is 0 Å². The van der Waals surface area contributed by atoms with Crippen LogP contribution in [-0.2, 0) is 6.42 Å². The molecule has 0 saturated carbocycles. The summed E-state index contributed by atoms with van der Waals surface area (Å²) in [5, 5.41) is 4.99. The highest BCUT2D eigenvalue weighted by molar-refractivity contribution is 9.10. The molecule has 10 heteroatoms. The minimum atomic E-state index is -0.487. The van der Waals surface area contributed by atoms with Gasteiger partial charge in [-0.25, -0.2) is 14.4 Å². The van der Waals surface area contributed by atoms with Crippen molar-refractivity contribution in [2.45, 2.75) is 32.4 Å². The Balaban J connectivity index is 1.62. The normalized spacial score (nSPS) is 16.4. The largest absolute Gasteiger partial charge is 0.348 e. The Morgan fingerprint density at radius 1 is 1.40 bits per heavy atom. The summed E-state index contributed by atoms with van der Waals surface area (Å²) >= 11 is 4.91. The number of rotatable bonds is 3. The number of nitrogens with zero attached hydrogens (tertiary/aromatic N) is 5. The Kier molecular flexibility index (Phi) is 4.70. The lowest BCUT2D eigenvalue weighted by atomic mass is 10.0. The number of aromatic amines is 1. The first-order chi connectivity index (χ1) is 14.5. The van der Waals surface area contributed by atoms with E-state index in [1.807, 2.05) is 19.9 Å². The molecule has 7 nitrogen and oxygen atoms in total. The van der Waals surface area contributed by atoms with Gasteiger partial charge in [-0.2, -0.15) is 5.10 Å². The van der Waals surface area contributed by atoms with Gasteiger partial charge in [0.1, 0.15) is 27.0 Å². The van der Waals surface area contributed by atoms with Crippen molar-refractivity contribution in [1.82, 2.24) is 29.6 Å². The second kappa shape index (κ2) is 7.28. The summed E-state index contributed by atoms with van der Waals surface area (Å²) in [7, 11) is 0. The Morgan fingerprint density at radius 3 is 2.97 bits per heavy atom. The van der Waals surface area contributed by atoms with Gasteiger partial charge in [0, 0.05) is 24.7 Å². The van der Waals surface area contributed by atoms with Gasteiger partial charge in [-0.3, -0.25) is 9.48 Å². The Bertz CT molecular complexity index is 1260. The first-order valence-corrected chi connectivity index (χ1v) is 11.2. The lowest BCUT2D eigenvalue weighted by Crippen LogP contribution is -2.40. The molecule has 0 bridgehead atoms. The molecule has 1 aromatic carbocycles. The molecule has 0 radical (unpaired) electrons. The van der Waals surface area contributed by atoms with Crippen LogP contribution in [0.25, 0.3) is 10.2 Å². The second-order valence-electron chi connectivity index (χ2n) is 7.44. The van der Waals surface area contributed by atoms with Crippen LogP contribution in [-0.4, -0.2) is 42.1 Å². The first-order valence-electron chi connectivity index (χ1n) is 9.56. The fraction of sp³-hybridized carbons (Fsp3) is 0.300. The summed E-state index contributed by atoms with van der Waals surface area (Å²) in [6.45, 7) is 4.50. The number of halogens is 2. The molecule has 5 rings (SSSR count). The number of imidazole rings is 1. The van der Waals surface area contributed by atoms with Crippen molar-refractivity contribution < 1.29 is 9.18 Å². The molecule has 0 fully saturated rings. The molecule has 0 spiro atoms. The third-order valence-electron chi connectivity index (χ3n) is 5.26. The molecule has 1 N–H and O–H groups in total. The maximum absolute atomic E-state index is 14.3. The molecule has 0 aliphatic carbocycles. The van der Waals surface area contributed by atoms with E-state index < -0.39 is 6.04 Å². The number of hydrogen-bond donors (Lipinski definition) is 1. The van der Waals surface area contributed by atoms with Crippen molar-refractivity contribution >= 4 is 43.4 Å². The number of aromatic nitrogens is 5. The van der Waals surface area contributed by atoms with Crippen LogP contribution in [0.4, 0.5) is 4.39 Å². The van der Waals surface area contributed by atoms with E-state index in [4.69, 9.17) is 0 Å². The molecule has 1 atom stereocenters. The standard InChI is InChI=1S/C20H18BrFN6OS/c1-10(2)28-18(21)11(8-25-28)20(29)27-7-6-13-16(24-9-23-13)17(27)19-26-15-12(22)4-3-5-14(15)30-19/h3-5,8-10,17H,6-7H2,1-2H3,(H,23,24)/t17-/m0/s1. The quantitative estimate of drug-likeness (QED) is 0.460. The summed E-state index contributed by atoms with van der Waals surface area (Å²) < 4.78 is 17.4. The van der Waals surface area contributed by atoms with E-state index in [1.54, 1.807) is 28.2 Å². The highest BCUT2D eigenvalue weighted by Gasteiger charge is 2.38. The number of fused-ring (bicyclic) bond motifs is 2. The monoisotopic (exact) mass is 488 g/mol. The number of carbonyl (C=O) groups is 1. The molecule has 1 aliphatic rings. The van der Waals surface area contributed by atoms with Crippen molar-refractivity contribution in [3.8, 4) is 0 Å². The average molecular weight is 489 g/mol. The molecule has 154 valence electrons. The molecule has 30 heavy (non-hydrogen) atoms. The van der Waals surface area contributed by atoms with Gasteiger partial charge in [-0.1, -0.05) is 6.07 Å². The van der Waals surface area contributed by atoms with Crippen LogP contribution in [0.5, 0.6) is 0 Å². The zero-order valence-electron chi connectivity index (χ0n) is 16.3. The van der Waals surface area contributed by atoms with Gasteiger partial charge in [-0.15, -0.1) is 11.3 Å². The maximum Gasteiger partial charge on any atom is 0.259 e. The highest BCUT2D eigenvalue weighted by Crippen LogP contribution is 2.39. The number of amides is 1. The van der Waals surface area contributed by atoms with Crippen molar-refractivity contribution in [2.24, 2.45) is 0 Å². The first kappa shape index (κ1) is 19.4. The fourth-order valence-electron chi connectivity index (χ4n) is 3.80. The summed E-state index contributed by atoms with van der Waals surface area (Å²) in [6.07, 6.45) is 3.88. The van der Waals surface area contributed by atoms with Crippen LogP contribution < -0.4 is 0 Å². The van der Waals surface area contributed by atoms with Crippen LogP contribution in [0.2, 0.25) is 0 Å². The summed E-state index contributed by atoms with van der Waals surface area (Å²) in [5.41, 5.74) is 2.53. The van der Waals surface area contributed by atoms with E-state index >= 15 is 0 Å². The van der Waals surface area contributed by atoms with Crippen molar-refractivity contribution in [1.29, 1.82) is 0 Å². The number of carbonyl (C=O) groups excluding carboxylic acids is 1. The van der Waals surface area contributed by atoms with Crippen LogP contribution in [0, 0.1) is 5.82 Å².